The maximum Gasteiger partial charge on any atom is 0.122 e. The first-order valence-electron chi connectivity index (χ1n) is 6.43. The summed E-state index contributed by atoms with van der Waals surface area (Å²) >= 11 is 0. The first kappa shape index (κ1) is 11.5. The van der Waals surface area contributed by atoms with Crippen LogP contribution >= 0.6 is 0 Å². The van der Waals surface area contributed by atoms with E-state index < -0.39 is 0 Å². The summed E-state index contributed by atoms with van der Waals surface area (Å²) in [6.07, 6.45) is 3.15. The molecule has 1 saturated carbocycles. The Morgan fingerprint density at radius 3 is 2.61 bits per heavy atom. The number of hydrogen-bond acceptors (Lipinski definition) is 2. The van der Waals surface area contributed by atoms with Gasteiger partial charge in [-0.2, -0.15) is 0 Å². The molecule has 0 atom stereocenters. The Balaban J connectivity index is 2.12. The fraction of sp³-hybridized carbons (Fsp3) is 0.375. The lowest BCUT2D eigenvalue weighted by Gasteiger charge is -2.17. The van der Waals surface area contributed by atoms with Crippen LogP contribution in [0.5, 0.6) is 5.75 Å². The van der Waals surface area contributed by atoms with Crippen molar-refractivity contribution in [2.75, 3.05) is 13.7 Å². The quantitative estimate of drug-likeness (QED) is 0.892. The predicted octanol–water partition coefficient (Wildman–Crippen LogP) is 3.16. The zero-order valence-electron chi connectivity index (χ0n) is 10.6. The van der Waals surface area contributed by atoms with E-state index in [4.69, 9.17) is 4.74 Å². The molecule has 0 spiro atoms. The highest BCUT2D eigenvalue weighted by atomic mass is 16.5. The number of methoxy groups -OCH3 is 1. The first-order valence-corrected chi connectivity index (χ1v) is 6.43. The normalized spacial score (nSPS) is 16.8. The maximum absolute atomic E-state index is 9.51. The minimum atomic E-state index is 0.109. The van der Waals surface area contributed by atoms with Gasteiger partial charge in [0.15, 0.2) is 0 Å². The highest BCUT2D eigenvalue weighted by molar-refractivity contribution is 5.87. The summed E-state index contributed by atoms with van der Waals surface area (Å²) in [5.74, 6) is 0.938. The van der Waals surface area contributed by atoms with Gasteiger partial charge in [-0.1, -0.05) is 30.3 Å². The minimum Gasteiger partial charge on any atom is -0.496 e. The molecule has 0 heterocycles. The molecule has 0 radical (unpaired) electrons. The van der Waals surface area contributed by atoms with Gasteiger partial charge >= 0.3 is 0 Å². The number of ether oxygens (including phenoxy) is 1. The number of benzene rings is 2. The van der Waals surface area contributed by atoms with E-state index >= 15 is 0 Å². The van der Waals surface area contributed by atoms with Crippen LogP contribution in [-0.2, 0) is 6.42 Å². The zero-order chi connectivity index (χ0) is 12.6. The molecule has 0 aromatic heterocycles. The second kappa shape index (κ2) is 4.29. The molecular weight excluding hydrogens is 224 g/mol. The molecule has 3 rings (SSSR count). The third kappa shape index (κ3) is 1.87. The van der Waals surface area contributed by atoms with Crippen molar-refractivity contribution in [1.29, 1.82) is 0 Å². The van der Waals surface area contributed by atoms with E-state index in [1.54, 1.807) is 7.11 Å². The lowest BCUT2D eigenvalue weighted by molar-refractivity contribution is 0.210. The van der Waals surface area contributed by atoms with E-state index in [1.165, 1.54) is 16.3 Å². The van der Waals surface area contributed by atoms with E-state index in [0.717, 1.165) is 25.0 Å². The lowest BCUT2D eigenvalue weighted by Crippen LogP contribution is -2.11. The van der Waals surface area contributed by atoms with Crippen LogP contribution in [0, 0.1) is 5.41 Å². The van der Waals surface area contributed by atoms with Crippen molar-refractivity contribution in [3.05, 3.63) is 42.0 Å². The van der Waals surface area contributed by atoms with Gasteiger partial charge in [-0.25, -0.2) is 0 Å². The van der Waals surface area contributed by atoms with Gasteiger partial charge < -0.3 is 9.84 Å². The third-order valence-electron chi connectivity index (χ3n) is 4.06. The van der Waals surface area contributed by atoms with Crippen molar-refractivity contribution in [2.24, 2.45) is 5.41 Å². The van der Waals surface area contributed by atoms with Crippen molar-refractivity contribution in [1.82, 2.24) is 0 Å². The number of rotatable bonds is 4. The van der Waals surface area contributed by atoms with Crippen LogP contribution in [0.4, 0.5) is 0 Å². The molecule has 0 aliphatic heterocycles. The lowest BCUT2D eigenvalue weighted by atomic mass is 9.92. The van der Waals surface area contributed by atoms with E-state index in [2.05, 4.69) is 30.3 Å². The van der Waals surface area contributed by atoms with Gasteiger partial charge in [-0.3, -0.25) is 0 Å². The third-order valence-corrected chi connectivity index (χ3v) is 4.06. The standard InChI is InChI=1S/C16H18O2/c1-18-15-7-6-12-4-2-3-5-13(12)14(15)10-16(11-17)8-9-16/h2-7,17H,8-11H2,1H3. The first-order chi connectivity index (χ1) is 8.78. The summed E-state index contributed by atoms with van der Waals surface area (Å²) in [6, 6.07) is 12.5. The smallest absolute Gasteiger partial charge is 0.122 e. The molecule has 2 aromatic rings. The molecule has 1 fully saturated rings. The van der Waals surface area contributed by atoms with Crippen LogP contribution < -0.4 is 4.74 Å². The Morgan fingerprint density at radius 1 is 1.17 bits per heavy atom. The number of aliphatic hydroxyl groups excluding tert-OH is 1. The number of aliphatic hydroxyl groups is 1. The Labute approximate surface area is 107 Å². The molecule has 1 aliphatic rings. The summed E-state index contributed by atoms with van der Waals surface area (Å²) in [7, 11) is 1.71. The molecular formula is C16H18O2. The van der Waals surface area contributed by atoms with Gasteiger partial charge in [0, 0.05) is 12.2 Å². The predicted molar refractivity (Wildman–Crippen MR) is 73.0 cm³/mol. The van der Waals surface area contributed by atoms with Gasteiger partial charge in [-0.05, 0) is 41.5 Å². The van der Waals surface area contributed by atoms with Crippen LogP contribution in [0.1, 0.15) is 18.4 Å². The molecule has 18 heavy (non-hydrogen) atoms. The maximum atomic E-state index is 9.51. The fourth-order valence-corrected chi connectivity index (χ4v) is 2.63. The Morgan fingerprint density at radius 2 is 1.94 bits per heavy atom. The van der Waals surface area contributed by atoms with Crippen molar-refractivity contribution < 1.29 is 9.84 Å². The topological polar surface area (TPSA) is 29.5 Å². The molecule has 2 heteroatoms. The summed E-state index contributed by atoms with van der Waals surface area (Å²) in [6.45, 7) is 0.277. The van der Waals surface area contributed by atoms with E-state index in [-0.39, 0.29) is 12.0 Å². The molecule has 2 aromatic carbocycles. The van der Waals surface area contributed by atoms with Crippen LogP contribution in [0.3, 0.4) is 0 Å². The SMILES string of the molecule is COc1ccc2ccccc2c1CC1(CO)CC1. The summed E-state index contributed by atoms with van der Waals surface area (Å²) in [5, 5.41) is 12.0. The van der Waals surface area contributed by atoms with Crippen LogP contribution in [0.25, 0.3) is 10.8 Å². The molecule has 2 nitrogen and oxygen atoms in total. The van der Waals surface area contributed by atoms with Crippen LogP contribution in [0.15, 0.2) is 36.4 Å². The van der Waals surface area contributed by atoms with Crippen molar-refractivity contribution in [3.63, 3.8) is 0 Å². The Kier molecular flexibility index (Phi) is 2.75. The van der Waals surface area contributed by atoms with Crippen molar-refractivity contribution in [3.8, 4) is 5.75 Å². The molecule has 94 valence electrons. The second-order valence-electron chi connectivity index (χ2n) is 5.30. The van der Waals surface area contributed by atoms with E-state index in [0.29, 0.717) is 0 Å². The van der Waals surface area contributed by atoms with Gasteiger partial charge in [0.25, 0.3) is 0 Å². The summed E-state index contributed by atoms with van der Waals surface area (Å²) < 4.78 is 5.49. The summed E-state index contributed by atoms with van der Waals surface area (Å²) in [4.78, 5) is 0. The molecule has 0 unspecified atom stereocenters. The second-order valence-corrected chi connectivity index (χ2v) is 5.30. The average molecular weight is 242 g/mol. The highest BCUT2D eigenvalue weighted by Crippen LogP contribution is 2.49. The largest absolute Gasteiger partial charge is 0.496 e. The number of fused-ring (bicyclic) bond motifs is 1. The minimum absolute atomic E-state index is 0.109. The van der Waals surface area contributed by atoms with Gasteiger partial charge in [0.1, 0.15) is 5.75 Å². The molecule has 1 N–H and O–H groups in total. The van der Waals surface area contributed by atoms with Gasteiger partial charge in [0.05, 0.1) is 7.11 Å². The van der Waals surface area contributed by atoms with E-state index in [1.807, 2.05) is 6.07 Å². The van der Waals surface area contributed by atoms with Gasteiger partial charge in [-0.15, -0.1) is 0 Å². The summed E-state index contributed by atoms with van der Waals surface area (Å²) in [5.41, 5.74) is 1.35. The fourth-order valence-electron chi connectivity index (χ4n) is 2.63. The van der Waals surface area contributed by atoms with Crippen LogP contribution in [0.2, 0.25) is 0 Å². The molecule has 1 aliphatic carbocycles. The number of hydrogen-bond donors (Lipinski definition) is 1. The van der Waals surface area contributed by atoms with Crippen molar-refractivity contribution >= 4 is 10.8 Å². The zero-order valence-corrected chi connectivity index (χ0v) is 10.6. The Bertz CT molecular complexity index is 570. The van der Waals surface area contributed by atoms with E-state index in [9.17, 15) is 5.11 Å². The monoisotopic (exact) mass is 242 g/mol. The van der Waals surface area contributed by atoms with Crippen LogP contribution in [-0.4, -0.2) is 18.8 Å². The van der Waals surface area contributed by atoms with Gasteiger partial charge in [0.2, 0.25) is 0 Å². The average Bonchev–Trinajstić information content (AvgIpc) is 3.20. The Hall–Kier alpha value is -1.54. The molecule has 0 amide bonds. The molecule has 0 bridgehead atoms. The highest BCUT2D eigenvalue weighted by Gasteiger charge is 2.42. The molecule has 0 saturated heterocycles. The van der Waals surface area contributed by atoms with Crippen molar-refractivity contribution in [2.45, 2.75) is 19.3 Å².